The predicted molar refractivity (Wildman–Crippen MR) is 130 cm³/mol. The fourth-order valence-electron chi connectivity index (χ4n) is 4.91. The number of aliphatic carboxylic acids is 2. The number of rotatable bonds is 3. The van der Waals surface area contributed by atoms with Crippen LogP contribution in [-0.4, -0.2) is 88.1 Å². The Bertz CT molecular complexity index is 847. The number of aliphatic hydroxyl groups is 1. The molecular weight excluding hydrogens is 454 g/mol. The first-order valence-corrected chi connectivity index (χ1v) is 12.0. The van der Waals surface area contributed by atoms with Crippen molar-refractivity contribution in [3.8, 4) is 0 Å². The largest absolute Gasteiger partial charge is 0.481 e. The molecule has 10 nitrogen and oxygen atoms in total. The zero-order chi connectivity index (χ0) is 26.1. The van der Waals surface area contributed by atoms with Crippen LogP contribution in [0.5, 0.6) is 0 Å². The van der Waals surface area contributed by atoms with Crippen LogP contribution in [0.4, 0.5) is 0 Å². The number of carbonyl (C=O) groups is 3. The maximum atomic E-state index is 12.8. The van der Waals surface area contributed by atoms with Gasteiger partial charge in [0.15, 0.2) is 0 Å². The molecule has 1 aromatic rings. The number of piperidine rings is 1. The van der Waals surface area contributed by atoms with E-state index in [0.717, 1.165) is 59.3 Å². The Morgan fingerprint density at radius 2 is 1.66 bits per heavy atom. The number of carboxylic acids is 2. The molecule has 35 heavy (non-hydrogen) atoms. The van der Waals surface area contributed by atoms with E-state index in [-0.39, 0.29) is 5.91 Å². The number of carbonyl (C=O) groups excluding carboxylic acids is 1. The molecule has 2 saturated heterocycles. The highest BCUT2D eigenvalue weighted by Crippen LogP contribution is 2.38. The Kier molecular flexibility index (Phi) is 10.6. The van der Waals surface area contributed by atoms with E-state index in [4.69, 9.17) is 24.5 Å². The van der Waals surface area contributed by atoms with E-state index in [0.29, 0.717) is 19.6 Å². The fraction of sp³-hybridized carbons (Fsp3) is 0.640. The molecule has 0 aromatic heterocycles. The molecule has 1 spiro atoms. The summed E-state index contributed by atoms with van der Waals surface area (Å²) in [5.74, 6) is -1.68. The molecule has 3 aliphatic rings. The standard InChI is InChI=1S/C21H31N3O3.2C2H4O2/c1-20(9-13-27-21(19(20)26)7-10-22-11-8-21)23-18(25)15-24-12-6-16-4-2-3-5-17(16)14-24;2*1-2(3)4/h2-5,19,22,26H,6-15H2,1H3,(H,23,25);2*1H3,(H,3,4)/t19-,20+;;/m0../s1. The number of hydrogen-bond donors (Lipinski definition) is 5. The lowest BCUT2D eigenvalue weighted by Gasteiger charge is -2.52. The van der Waals surface area contributed by atoms with Crippen molar-refractivity contribution in [2.45, 2.75) is 70.2 Å². The summed E-state index contributed by atoms with van der Waals surface area (Å²) >= 11 is 0. The zero-order valence-electron chi connectivity index (χ0n) is 20.9. The Hall–Kier alpha value is -2.53. The van der Waals surface area contributed by atoms with Crippen LogP contribution in [-0.2, 0) is 32.1 Å². The Morgan fingerprint density at radius 1 is 1.09 bits per heavy atom. The number of amides is 1. The fourth-order valence-corrected chi connectivity index (χ4v) is 4.91. The number of ether oxygens (including phenoxy) is 1. The van der Waals surface area contributed by atoms with Gasteiger partial charge in [-0.3, -0.25) is 19.3 Å². The molecule has 2 atom stereocenters. The predicted octanol–water partition coefficient (Wildman–Crippen LogP) is 1.00. The summed E-state index contributed by atoms with van der Waals surface area (Å²) in [7, 11) is 0. The van der Waals surface area contributed by atoms with E-state index in [1.807, 2.05) is 6.92 Å². The average Bonchev–Trinajstić information content (AvgIpc) is 2.77. The molecule has 3 aliphatic heterocycles. The van der Waals surface area contributed by atoms with Crippen LogP contribution >= 0.6 is 0 Å². The van der Waals surface area contributed by atoms with Crippen LogP contribution in [0.2, 0.25) is 0 Å². The normalized spacial score (nSPS) is 25.1. The van der Waals surface area contributed by atoms with Gasteiger partial charge in [0, 0.05) is 33.5 Å². The van der Waals surface area contributed by atoms with Gasteiger partial charge in [-0.2, -0.15) is 0 Å². The van der Waals surface area contributed by atoms with Crippen LogP contribution in [0.1, 0.15) is 51.2 Å². The van der Waals surface area contributed by atoms with Gasteiger partial charge in [-0.1, -0.05) is 24.3 Å². The van der Waals surface area contributed by atoms with Crippen LogP contribution in [0, 0.1) is 0 Å². The summed E-state index contributed by atoms with van der Waals surface area (Å²) in [6.07, 6.45) is 2.49. The number of nitrogens with one attached hydrogen (secondary N) is 2. The third-order valence-corrected chi connectivity index (χ3v) is 6.56. The Labute approximate surface area is 206 Å². The van der Waals surface area contributed by atoms with Gasteiger partial charge in [0.1, 0.15) is 6.10 Å². The van der Waals surface area contributed by atoms with Crippen molar-refractivity contribution in [1.29, 1.82) is 0 Å². The molecule has 5 N–H and O–H groups in total. The monoisotopic (exact) mass is 493 g/mol. The lowest BCUT2D eigenvalue weighted by molar-refractivity contribution is -0.200. The van der Waals surface area contributed by atoms with E-state index < -0.39 is 29.2 Å². The first-order valence-electron chi connectivity index (χ1n) is 12.0. The summed E-state index contributed by atoms with van der Waals surface area (Å²) < 4.78 is 6.03. The van der Waals surface area contributed by atoms with E-state index >= 15 is 0 Å². The van der Waals surface area contributed by atoms with Crippen molar-refractivity contribution >= 4 is 17.8 Å². The summed E-state index contributed by atoms with van der Waals surface area (Å²) in [6, 6.07) is 8.44. The van der Waals surface area contributed by atoms with Gasteiger partial charge in [-0.15, -0.1) is 0 Å². The molecule has 0 saturated carbocycles. The van der Waals surface area contributed by atoms with Crippen LogP contribution < -0.4 is 10.6 Å². The van der Waals surface area contributed by atoms with Crippen molar-refractivity contribution in [3.63, 3.8) is 0 Å². The average molecular weight is 494 g/mol. The second-order valence-corrected chi connectivity index (χ2v) is 9.55. The minimum Gasteiger partial charge on any atom is -0.481 e. The van der Waals surface area contributed by atoms with E-state index in [1.165, 1.54) is 11.1 Å². The molecule has 4 rings (SSSR count). The molecule has 1 amide bonds. The highest BCUT2D eigenvalue weighted by molar-refractivity contribution is 5.79. The molecule has 0 radical (unpaired) electrons. The zero-order valence-corrected chi connectivity index (χ0v) is 20.9. The van der Waals surface area contributed by atoms with Gasteiger partial charge in [0.2, 0.25) is 5.91 Å². The molecule has 0 unspecified atom stereocenters. The summed E-state index contributed by atoms with van der Waals surface area (Å²) in [5, 5.41) is 32.4. The van der Waals surface area contributed by atoms with Gasteiger partial charge in [-0.25, -0.2) is 0 Å². The molecular formula is C25H39N3O7. The van der Waals surface area contributed by atoms with Gasteiger partial charge in [0.25, 0.3) is 11.9 Å². The van der Waals surface area contributed by atoms with E-state index in [2.05, 4.69) is 39.8 Å². The molecule has 0 aliphatic carbocycles. The topological polar surface area (TPSA) is 148 Å². The molecule has 2 fully saturated rings. The smallest absolute Gasteiger partial charge is 0.300 e. The summed E-state index contributed by atoms with van der Waals surface area (Å²) in [4.78, 5) is 33.0. The Morgan fingerprint density at radius 3 is 2.26 bits per heavy atom. The van der Waals surface area contributed by atoms with Crippen molar-refractivity contribution in [3.05, 3.63) is 35.4 Å². The van der Waals surface area contributed by atoms with E-state index in [9.17, 15) is 9.90 Å². The first-order chi connectivity index (χ1) is 16.5. The number of carboxylic acid groups (broad SMARTS) is 2. The van der Waals surface area contributed by atoms with Gasteiger partial charge < -0.3 is 30.7 Å². The third-order valence-electron chi connectivity index (χ3n) is 6.56. The van der Waals surface area contributed by atoms with Crippen LogP contribution in [0.15, 0.2) is 24.3 Å². The van der Waals surface area contributed by atoms with Crippen LogP contribution in [0.25, 0.3) is 0 Å². The van der Waals surface area contributed by atoms with Crippen molar-refractivity contribution < 1.29 is 34.4 Å². The number of fused-ring (bicyclic) bond motifs is 1. The maximum absolute atomic E-state index is 12.8. The number of aliphatic hydroxyl groups excluding tert-OH is 1. The highest BCUT2D eigenvalue weighted by atomic mass is 16.5. The van der Waals surface area contributed by atoms with Crippen molar-refractivity contribution in [2.24, 2.45) is 0 Å². The number of benzene rings is 1. The minimum atomic E-state index is -0.833. The van der Waals surface area contributed by atoms with Crippen molar-refractivity contribution in [2.75, 3.05) is 32.8 Å². The van der Waals surface area contributed by atoms with Crippen LogP contribution in [0.3, 0.4) is 0 Å². The molecule has 196 valence electrons. The molecule has 0 bridgehead atoms. The maximum Gasteiger partial charge on any atom is 0.300 e. The summed E-state index contributed by atoms with van der Waals surface area (Å²) in [5.41, 5.74) is 1.52. The van der Waals surface area contributed by atoms with E-state index in [1.54, 1.807) is 0 Å². The third kappa shape index (κ3) is 8.57. The Balaban J connectivity index is 0.000000473. The lowest BCUT2D eigenvalue weighted by Crippen LogP contribution is -2.69. The van der Waals surface area contributed by atoms with Gasteiger partial charge >= 0.3 is 0 Å². The van der Waals surface area contributed by atoms with Gasteiger partial charge in [-0.05, 0) is 56.8 Å². The first kappa shape index (κ1) is 28.7. The summed E-state index contributed by atoms with van der Waals surface area (Å²) in [6.45, 7) is 8.46. The second-order valence-electron chi connectivity index (χ2n) is 9.55. The second kappa shape index (κ2) is 13.0. The number of hydrogen-bond acceptors (Lipinski definition) is 7. The molecule has 10 heteroatoms. The number of nitrogens with zero attached hydrogens (tertiary/aromatic N) is 1. The highest BCUT2D eigenvalue weighted by Gasteiger charge is 2.53. The quantitative estimate of drug-likeness (QED) is 0.416. The molecule has 3 heterocycles. The van der Waals surface area contributed by atoms with Gasteiger partial charge in [0.05, 0.1) is 17.7 Å². The van der Waals surface area contributed by atoms with Crippen molar-refractivity contribution in [1.82, 2.24) is 15.5 Å². The SMILES string of the molecule is CC(=O)O.CC(=O)O.C[C@@]1(NC(=O)CN2CCc3ccccc3C2)CCOC2(CCNCC2)[C@H]1O. The minimum absolute atomic E-state index is 0.0121. The lowest BCUT2D eigenvalue weighted by atomic mass is 9.73. The molecule has 1 aromatic carbocycles.